The van der Waals surface area contributed by atoms with Crippen molar-refractivity contribution in [1.29, 1.82) is 0 Å². The molecular formula is C14H18N2O4. The number of rotatable bonds is 2. The monoisotopic (exact) mass is 278 g/mol. The van der Waals surface area contributed by atoms with E-state index in [0.717, 1.165) is 0 Å². The summed E-state index contributed by atoms with van der Waals surface area (Å²) in [4.78, 5) is 24.4. The van der Waals surface area contributed by atoms with E-state index in [9.17, 15) is 9.59 Å². The lowest BCUT2D eigenvalue weighted by Gasteiger charge is -2.56. The Bertz CT molecular complexity index is 446. The molecule has 0 aromatic heterocycles. The van der Waals surface area contributed by atoms with Crippen molar-refractivity contribution >= 4 is 12.2 Å². The summed E-state index contributed by atoms with van der Waals surface area (Å²) in [6, 6.07) is -0.336. The molecule has 2 bridgehead atoms. The van der Waals surface area contributed by atoms with Gasteiger partial charge in [0.05, 0.1) is 25.3 Å². The molecule has 4 aliphatic rings. The largest absolute Gasteiger partial charge is 0.448 e. The number of carbonyl (C=O) groups is 2. The van der Waals surface area contributed by atoms with Crippen LogP contribution in [-0.4, -0.2) is 47.5 Å². The second kappa shape index (κ2) is 4.85. The zero-order chi connectivity index (χ0) is 14.3. The first-order valence-electron chi connectivity index (χ1n) is 6.97. The fourth-order valence-corrected chi connectivity index (χ4v) is 3.11. The molecule has 0 unspecified atom stereocenters. The van der Waals surface area contributed by atoms with Gasteiger partial charge in [-0.3, -0.25) is 0 Å². The first-order chi connectivity index (χ1) is 9.69. The highest BCUT2D eigenvalue weighted by Gasteiger charge is 2.54. The summed E-state index contributed by atoms with van der Waals surface area (Å²) >= 11 is 0. The predicted octanol–water partition coefficient (Wildman–Crippen LogP) is 1.94. The van der Waals surface area contributed by atoms with E-state index in [-0.39, 0.29) is 37.1 Å². The van der Waals surface area contributed by atoms with Gasteiger partial charge >= 0.3 is 12.2 Å². The highest BCUT2D eigenvalue weighted by atomic mass is 16.6. The summed E-state index contributed by atoms with van der Waals surface area (Å²) in [5.41, 5.74) is 0. The number of nitrogens with zero attached hydrogens (tertiary/aromatic N) is 2. The molecule has 2 heterocycles. The number of amides is 2. The quantitative estimate of drug-likeness (QED) is 0.724. The molecule has 0 spiro atoms. The molecule has 4 rings (SSSR count). The first kappa shape index (κ1) is 13.0. The molecule has 1 fully saturated rings. The van der Waals surface area contributed by atoms with Crippen LogP contribution in [0.3, 0.4) is 0 Å². The maximum absolute atomic E-state index is 12.2. The van der Waals surface area contributed by atoms with Crippen molar-refractivity contribution in [3.63, 3.8) is 0 Å². The predicted molar refractivity (Wildman–Crippen MR) is 70.6 cm³/mol. The number of fused-ring (bicyclic) bond motifs is 1. The number of hydrazine groups is 1. The molecule has 108 valence electrons. The molecule has 0 radical (unpaired) electrons. The summed E-state index contributed by atoms with van der Waals surface area (Å²) in [6.07, 6.45) is 7.11. The number of hydrogen-bond acceptors (Lipinski definition) is 4. The van der Waals surface area contributed by atoms with Gasteiger partial charge in [-0.1, -0.05) is 24.3 Å². The lowest BCUT2D eigenvalue weighted by atomic mass is 9.67. The molecule has 4 atom stereocenters. The maximum Gasteiger partial charge on any atom is 0.429 e. The van der Waals surface area contributed by atoms with Gasteiger partial charge < -0.3 is 9.47 Å². The summed E-state index contributed by atoms with van der Waals surface area (Å²) < 4.78 is 10.2. The molecular weight excluding hydrogens is 260 g/mol. The fourth-order valence-electron chi connectivity index (χ4n) is 3.11. The molecule has 6 heteroatoms. The van der Waals surface area contributed by atoms with Crippen LogP contribution in [0, 0.1) is 11.8 Å². The standard InChI is InChI=1S/C14H18N2O4/c1-3-19-13(17)15-11-7-8-12(10-6-5-9(10)11)16(15)14(18)20-4-2/h5-12H,3-4H2,1-2H3/t9-,10-,11+,12+/m1/s1. The average Bonchev–Trinajstić information content (AvgIpc) is 2.38. The van der Waals surface area contributed by atoms with Crippen molar-refractivity contribution in [1.82, 2.24) is 10.0 Å². The normalized spacial score (nSPS) is 32.7. The molecule has 0 N–H and O–H groups in total. The molecule has 2 aliphatic carbocycles. The van der Waals surface area contributed by atoms with E-state index >= 15 is 0 Å². The highest BCUT2D eigenvalue weighted by Crippen LogP contribution is 2.46. The van der Waals surface area contributed by atoms with Crippen LogP contribution in [0.5, 0.6) is 0 Å². The fraction of sp³-hybridized carbons (Fsp3) is 0.571. The second-order valence-corrected chi connectivity index (χ2v) is 4.99. The van der Waals surface area contributed by atoms with Crippen LogP contribution in [0.1, 0.15) is 13.8 Å². The third-order valence-corrected chi connectivity index (χ3v) is 4.00. The van der Waals surface area contributed by atoms with E-state index in [4.69, 9.17) is 9.47 Å². The van der Waals surface area contributed by atoms with E-state index in [0.29, 0.717) is 0 Å². The second-order valence-electron chi connectivity index (χ2n) is 4.99. The summed E-state index contributed by atoms with van der Waals surface area (Å²) in [6.45, 7) is 4.04. The Balaban J connectivity index is 1.92. The van der Waals surface area contributed by atoms with Crippen LogP contribution in [0.4, 0.5) is 9.59 Å². The third-order valence-electron chi connectivity index (χ3n) is 4.00. The minimum atomic E-state index is -0.501. The lowest BCUT2D eigenvalue weighted by molar-refractivity contribution is -0.110. The van der Waals surface area contributed by atoms with Crippen molar-refractivity contribution in [2.45, 2.75) is 25.9 Å². The van der Waals surface area contributed by atoms with Crippen molar-refractivity contribution in [2.24, 2.45) is 11.8 Å². The Labute approximate surface area is 117 Å². The van der Waals surface area contributed by atoms with E-state index in [2.05, 4.69) is 12.2 Å². The van der Waals surface area contributed by atoms with Crippen molar-refractivity contribution < 1.29 is 19.1 Å². The van der Waals surface area contributed by atoms with Gasteiger partial charge in [0.15, 0.2) is 0 Å². The molecule has 2 amide bonds. The summed E-state index contributed by atoms with van der Waals surface area (Å²) in [5.74, 6) is 0.528. The van der Waals surface area contributed by atoms with Gasteiger partial charge in [0, 0.05) is 11.8 Å². The number of hydrogen-bond donors (Lipinski definition) is 0. The summed E-state index contributed by atoms with van der Waals surface area (Å²) in [5, 5.41) is 2.80. The van der Waals surface area contributed by atoms with E-state index in [1.54, 1.807) is 13.8 Å². The van der Waals surface area contributed by atoms with Crippen LogP contribution in [0.15, 0.2) is 24.3 Å². The number of carbonyl (C=O) groups excluding carboxylic acids is 2. The summed E-state index contributed by atoms with van der Waals surface area (Å²) in [7, 11) is 0. The van der Waals surface area contributed by atoms with E-state index in [1.165, 1.54) is 10.0 Å². The van der Waals surface area contributed by atoms with Gasteiger partial charge in [0.25, 0.3) is 0 Å². The first-order valence-corrected chi connectivity index (χ1v) is 6.97. The Morgan fingerprint density at radius 2 is 1.25 bits per heavy atom. The molecule has 0 saturated carbocycles. The van der Waals surface area contributed by atoms with Gasteiger partial charge in [-0.2, -0.15) is 0 Å². The maximum atomic E-state index is 12.2. The smallest absolute Gasteiger partial charge is 0.429 e. The molecule has 0 aromatic carbocycles. The van der Waals surface area contributed by atoms with Crippen LogP contribution in [0.2, 0.25) is 0 Å². The minimum Gasteiger partial charge on any atom is -0.448 e. The van der Waals surface area contributed by atoms with Crippen molar-refractivity contribution in [2.75, 3.05) is 13.2 Å². The Morgan fingerprint density at radius 3 is 1.55 bits per heavy atom. The third kappa shape index (κ3) is 1.71. The van der Waals surface area contributed by atoms with Gasteiger partial charge in [-0.05, 0) is 13.8 Å². The molecule has 6 nitrogen and oxygen atoms in total. The van der Waals surface area contributed by atoms with Gasteiger partial charge in [0.1, 0.15) is 0 Å². The molecule has 0 aromatic rings. The lowest BCUT2D eigenvalue weighted by Crippen LogP contribution is -2.70. The number of ether oxygens (including phenoxy) is 2. The molecule has 1 saturated heterocycles. The zero-order valence-electron chi connectivity index (χ0n) is 11.6. The van der Waals surface area contributed by atoms with Crippen molar-refractivity contribution in [3.8, 4) is 0 Å². The zero-order valence-corrected chi connectivity index (χ0v) is 11.6. The molecule has 2 aliphatic heterocycles. The topological polar surface area (TPSA) is 59.1 Å². The minimum absolute atomic E-state index is 0.168. The average molecular weight is 278 g/mol. The van der Waals surface area contributed by atoms with Crippen molar-refractivity contribution in [3.05, 3.63) is 24.3 Å². The van der Waals surface area contributed by atoms with Gasteiger partial charge in [-0.15, -0.1) is 0 Å². The Morgan fingerprint density at radius 1 is 0.850 bits per heavy atom. The highest BCUT2D eigenvalue weighted by molar-refractivity contribution is 5.76. The Kier molecular flexibility index (Phi) is 3.16. The van der Waals surface area contributed by atoms with Crippen LogP contribution >= 0.6 is 0 Å². The Hall–Kier alpha value is -1.98. The van der Waals surface area contributed by atoms with Crippen LogP contribution < -0.4 is 0 Å². The van der Waals surface area contributed by atoms with Crippen LogP contribution in [-0.2, 0) is 9.47 Å². The van der Waals surface area contributed by atoms with E-state index in [1.807, 2.05) is 12.2 Å². The molecule has 20 heavy (non-hydrogen) atoms. The SMILES string of the molecule is CCOC(=O)N1[C@H]2C=C[C@@H]([C@@H]3C=C[C@H]32)N1C(=O)OCC. The van der Waals surface area contributed by atoms with Crippen LogP contribution in [0.25, 0.3) is 0 Å². The van der Waals surface area contributed by atoms with E-state index < -0.39 is 12.2 Å². The van der Waals surface area contributed by atoms with Gasteiger partial charge in [-0.25, -0.2) is 19.6 Å². The van der Waals surface area contributed by atoms with Gasteiger partial charge in [0.2, 0.25) is 0 Å².